The van der Waals surface area contributed by atoms with Crippen LogP contribution in [0.2, 0.25) is 0 Å². The van der Waals surface area contributed by atoms with E-state index >= 15 is 0 Å². The highest BCUT2D eigenvalue weighted by Crippen LogP contribution is 2.32. The number of benzene rings is 2. The van der Waals surface area contributed by atoms with Crippen LogP contribution in [0.15, 0.2) is 55.1 Å². The molecule has 1 aliphatic rings. The van der Waals surface area contributed by atoms with Gasteiger partial charge in [0.1, 0.15) is 5.82 Å². The number of carbonyl (C=O) groups is 2. The number of halogens is 1. The zero-order valence-corrected chi connectivity index (χ0v) is 14.7. The fourth-order valence-corrected chi connectivity index (χ4v) is 3.33. The summed E-state index contributed by atoms with van der Waals surface area (Å²) < 4.78 is 14.2. The third-order valence-electron chi connectivity index (χ3n) is 4.76. The van der Waals surface area contributed by atoms with E-state index in [0.717, 1.165) is 11.1 Å². The molecule has 0 spiro atoms. The minimum absolute atomic E-state index is 0.118. The van der Waals surface area contributed by atoms with E-state index in [2.05, 4.69) is 11.9 Å². The normalized spacial score (nSPS) is 15.9. The van der Waals surface area contributed by atoms with Gasteiger partial charge in [0.15, 0.2) is 0 Å². The molecule has 2 aromatic rings. The van der Waals surface area contributed by atoms with Crippen LogP contribution in [0.25, 0.3) is 0 Å². The second kappa shape index (κ2) is 7.52. The molecule has 1 atom stereocenters. The van der Waals surface area contributed by atoms with Crippen LogP contribution < -0.4 is 5.32 Å². The molecule has 4 nitrogen and oxygen atoms in total. The molecule has 0 saturated carbocycles. The van der Waals surface area contributed by atoms with E-state index in [4.69, 9.17) is 0 Å². The summed E-state index contributed by atoms with van der Waals surface area (Å²) >= 11 is 0. The molecule has 1 aliphatic heterocycles. The summed E-state index contributed by atoms with van der Waals surface area (Å²) in [5, 5.41) is 2.69. The number of nitrogens with zero attached hydrogens (tertiary/aromatic N) is 1. The largest absolute Gasteiger partial charge is 0.348 e. The van der Waals surface area contributed by atoms with Gasteiger partial charge in [-0.15, -0.1) is 0 Å². The molecule has 0 fully saturated rings. The van der Waals surface area contributed by atoms with Crippen LogP contribution in [0.1, 0.15) is 40.0 Å². The zero-order valence-electron chi connectivity index (χ0n) is 14.7. The Labute approximate surface area is 152 Å². The topological polar surface area (TPSA) is 49.4 Å². The van der Waals surface area contributed by atoms with Gasteiger partial charge in [0.2, 0.25) is 5.91 Å². The van der Waals surface area contributed by atoms with Gasteiger partial charge in [0.05, 0.1) is 6.04 Å². The van der Waals surface area contributed by atoms with Crippen molar-refractivity contribution in [1.29, 1.82) is 0 Å². The number of carbonyl (C=O) groups excluding carboxylic acids is 2. The Balaban J connectivity index is 1.74. The van der Waals surface area contributed by atoms with Gasteiger partial charge < -0.3 is 10.2 Å². The average molecular weight is 352 g/mol. The van der Waals surface area contributed by atoms with Gasteiger partial charge in [-0.05, 0) is 48.7 Å². The van der Waals surface area contributed by atoms with E-state index in [1.165, 1.54) is 12.1 Å². The van der Waals surface area contributed by atoms with Gasteiger partial charge in [-0.3, -0.25) is 9.59 Å². The lowest BCUT2D eigenvalue weighted by molar-refractivity contribution is -0.116. The minimum Gasteiger partial charge on any atom is -0.348 e. The molecular formula is C21H21FN2O2. The van der Waals surface area contributed by atoms with Gasteiger partial charge in [-0.2, -0.15) is 0 Å². The van der Waals surface area contributed by atoms with E-state index in [-0.39, 0.29) is 23.7 Å². The van der Waals surface area contributed by atoms with Crippen molar-refractivity contribution in [2.24, 2.45) is 0 Å². The summed E-state index contributed by atoms with van der Waals surface area (Å²) in [6, 6.07) is 11.8. The average Bonchev–Trinajstić information content (AvgIpc) is 2.66. The lowest BCUT2D eigenvalue weighted by Gasteiger charge is -2.35. The molecule has 0 aromatic heterocycles. The van der Waals surface area contributed by atoms with E-state index in [1.54, 1.807) is 35.2 Å². The smallest absolute Gasteiger partial charge is 0.254 e. The number of hydrogen-bond donors (Lipinski definition) is 1. The Hall–Kier alpha value is -2.95. The summed E-state index contributed by atoms with van der Waals surface area (Å²) in [5.41, 5.74) is 3.01. The molecule has 2 amide bonds. The Kier molecular flexibility index (Phi) is 5.16. The highest BCUT2D eigenvalue weighted by molar-refractivity contribution is 5.94. The maximum atomic E-state index is 14.2. The van der Waals surface area contributed by atoms with Crippen molar-refractivity contribution in [3.8, 4) is 0 Å². The molecule has 26 heavy (non-hydrogen) atoms. The molecule has 1 unspecified atom stereocenters. The molecule has 0 saturated heterocycles. The van der Waals surface area contributed by atoms with Gasteiger partial charge in [-0.1, -0.05) is 30.8 Å². The SMILES string of the molecule is C=CC(=O)NCc1ccc(C(=O)N2CCc3cccc(F)c3C2C)cc1. The van der Waals surface area contributed by atoms with Gasteiger partial charge in [-0.25, -0.2) is 4.39 Å². The standard InChI is InChI=1S/C21H21FN2O2/c1-3-19(25)23-13-15-7-9-17(10-8-15)21(26)24-12-11-16-5-4-6-18(22)20(16)14(24)2/h3-10,14H,1,11-13H2,2H3,(H,23,25). The summed E-state index contributed by atoms with van der Waals surface area (Å²) in [6.45, 7) is 6.20. The maximum absolute atomic E-state index is 14.2. The van der Waals surface area contributed by atoms with Gasteiger partial charge >= 0.3 is 0 Å². The number of hydrogen-bond acceptors (Lipinski definition) is 2. The van der Waals surface area contributed by atoms with E-state index in [0.29, 0.717) is 30.6 Å². The van der Waals surface area contributed by atoms with Crippen molar-refractivity contribution < 1.29 is 14.0 Å². The molecule has 5 heteroatoms. The molecule has 0 radical (unpaired) electrons. The van der Waals surface area contributed by atoms with E-state index < -0.39 is 0 Å². The monoisotopic (exact) mass is 352 g/mol. The zero-order chi connectivity index (χ0) is 18.7. The number of amides is 2. The fourth-order valence-electron chi connectivity index (χ4n) is 3.33. The molecule has 0 aliphatic carbocycles. The van der Waals surface area contributed by atoms with Crippen LogP contribution in [0.5, 0.6) is 0 Å². The van der Waals surface area contributed by atoms with Crippen molar-refractivity contribution in [2.45, 2.75) is 25.9 Å². The third kappa shape index (κ3) is 3.52. The first-order valence-electron chi connectivity index (χ1n) is 8.58. The Morgan fingerprint density at radius 3 is 2.69 bits per heavy atom. The van der Waals surface area contributed by atoms with Crippen LogP contribution in [-0.2, 0) is 17.8 Å². The van der Waals surface area contributed by atoms with Gasteiger partial charge in [0.25, 0.3) is 5.91 Å². The Morgan fingerprint density at radius 1 is 1.27 bits per heavy atom. The molecular weight excluding hydrogens is 331 g/mol. The minimum atomic E-state index is -0.306. The first-order valence-corrected chi connectivity index (χ1v) is 8.58. The van der Waals surface area contributed by atoms with Crippen molar-refractivity contribution >= 4 is 11.8 Å². The number of fused-ring (bicyclic) bond motifs is 1. The van der Waals surface area contributed by atoms with Crippen molar-refractivity contribution in [3.05, 3.63) is 83.2 Å². The lowest BCUT2D eigenvalue weighted by atomic mass is 9.92. The molecule has 0 bridgehead atoms. The Bertz CT molecular complexity index is 846. The van der Waals surface area contributed by atoms with Crippen LogP contribution in [0, 0.1) is 5.82 Å². The third-order valence-corrected chi connectivity index (χ3v) is 4.76. The van der Waals surface area contributed by atoms with Crippen molar-refractivity contribution in [2.75, 3.05) is 6.54 Å². The molecule has 1 N–H and O–H groups in total. The van der Waals surface area contributed by atoms with E-state index in [1.807, 2.05) is 13.0 Å². The van der Waals surface area contributed by atoms with Crippen LogP contribution in [0.4, 0.5) is 4.39 Å². The van der Waals surface area contributed by atoms with Crippen LogP contribution in [-0.4, -0.2) is 23.3 Å². The summed E-state index contributed by atoms with van der Waals surface area (Å²) in [4.78, 5) is 25.8. The van der Waals surface area contributed by atoms with E-state index in [9.17, 15) is 14.0 Å². The molecule has 3 rings (SSSR count). The van der Waals surface area contributed by atoms with Crippen LogP contribution >= 0.6 is 0 Å². The fraction of sp³-hybridized carbons (Fsp3) is 0.238. The highest BCUT2D eigenvalue weighted by atomic mass is 19.1. The quantitative estimate of drug-likeness (QED) is 0.858. The first kappa shape index (κ1) is 17.9. The summed E-state index contributed by atoms with van der Waals surface area (Å²) in [5.74, 6) is -0.623. The second-order valence-electron chi connectivity index (χ2n) is 6.36. The van der Waals surface area contributed by atoms with Crippen molar-refractivity contribution in [1.82, 2.24) is 10.2 Å². The molecule has 134 valence electrons. The summed E-state index contributed by atoms with van der Waals surface area (Å²) in [7, 11) is 0. The Morgan fingerprint density at radius 2 is 2.00 bits per heavy atom. The number of rotatable bonds is 4. The highest BCUT2D eigenvalue weighted by Gasteiger charge is 2.30. The lowest BCUT2D eigenvalue weighted by Crippen LogP contribution is -2.39. The van der Waals surface area contributed by atoms with Gasteiger partial charge in [0, 0.05) is 24.2 Å². The van der Waals surface area contributed by atoms with Crippen molar-refractivity contribution in [3.63, 3.8) is 0 Å². The van der Waals surface area contributed by atoms with Crippen LogP contribution in [0.3, 0.4) is 0 Å². The number of nitrogens with one attached hydrogen (secondary N) is 1. The maximum Gasteiger partial charge on any atom is 0.254 e. The molecule has 2 aromatic carbocycles. The second-order valence-corrected chi connectivity index (χ2v) is 6.36. The predicted molar refractivity (Wildman–Crippen MR) is 98.0 cm³/mol. The predicted octanol–water partition coefficient (Wildman–Crippen LogP) is 3.39. The first-order chi connectivity index (χ1) is 12.5. The molecule has 1 heterocycles. The summed E-state index contributed by atoms with van der Waals surface area (Å²) in [6.07, 6.45) is 1.86.